The third kappa shape index (κ3) is 2.26. The van der Waals surface area contributed by atoms with E-state index in [9.17, 15) is 0 Å². The molecular weight excluding hydrogens is 310 g/mol. The predicted octanol–water partition coefficient (Wildman–Crippen LogP) is 3.84. The first-order valence-corrected chi connectivity index (χ1v) is 8.41. The van der Waals surface area contributed by atoms with E-state index in [0.29, 0.717) is 6.04 Å². The number of thiophene rings is 1. The van der Waals surface area contributed by atoms with Crippen LogP contribution in [0.4, 0.5) is 5.82 Å². The first kappa shape index (κ1) is 12.4. The van der Waals surface area contributed by atoms with E-state index in [1.807, 2.05) is 0 Å². The van der Waals surface area contributed by atoms with Gasteiger partial charge in [-0.2, -0.15) is 0 Å². The van der Waals surface area contributed by atoms with E-state index in [-0.39, 0.29) is 0 Å². The molecular formula is C13H16BrN3S. The van der Waals surface area contributed by atoms with Crippen LogP contribution in [0.1, 0.15) is 25.7 Å². The summed E-state index contributed by atoms with van der Waals surface area (Å²) in [6.45, 7) is 1.08. The monoisotopic (exact) mass is 325 g/mol. The molecule has 0 radical (unpaired) electrons. The van der Waals surface area contributed by atoms with Crippen molar-refractivity contribution in [1.82, 2.24) is 9.97 Å². The molecule has 1 saturated carbocycles. The zero-order valence-electron chi connectivity index (χ0n) is 10.2. The van der Waals surface area contributed by atoms with Gasteiger partial charge in [0.15, 0.2) is 0 Å². The molecule has 0 atom stereocenters. The molecule has 0 aromatic carbocycles. The van der Waals surface area contributed by atoms with Gasteiger partial charge in [0.05, 0.1) is 5.39 Å². The minimum atomic E-state index is 0.682. The van der Waals surface area contributed by atoms with Crippen LogP contribution in [0, 0.1) is 0 Å². The molecule has 0 aliphatic heterocycles. The molecule has 96 valence electrons. The van der Waals surface area contributed by atoms with Crippen molar-refractivity contribution in [3.8, 4) is 0 Å². The van der Waals surface area contributed by atoms with Crippen LogP contribution in [-0.2, 0) is 0 Å². The molecule has 1 fully saturated rings. The minimum absolute atomic E-state index is 0.682. The maximum Gasteiger partial charge on any atom is 0.141 e. The summed E-state index contributed by atoms with van der Waals surface area (Å²) in [4.78, 5) is 12.5. The van der Waals surface area contributed by atoms with Gasteiger partial charge in [0, 0.05) is 17.9 Å². The van der Waals surface area contributed by atoms with Crippen molar-refractivity contribution in [1.29, 1.82) is 0 Å². The summed E-state index contributed by atoms with van der Waals surface area (Å²) in [5.41, 5.74) is 0. The number of aromatic nitrogens is 2. The van der Waals surface area contributed by atoms with Gasteiger partial charge in [-0.25, -0.2) is 9.97 Å². The second-order valence-electron chi connectivity index (χ2n) is 4.66. The lowest BCUT2D eigenvalue weighted by Gasteiger charge is -2.38. The summed E-state index contributed by atoms with van der Waals surface area (Å²) in [6.07, 6.45) is 6.82. The summed E-state index contributed by atoms with van der Waals surface area (Å²) in [7, 11) is 0. The molecule has 5 heteroatoms. The number of halogens is 1. The van der Waals surface area contributed by atoms with Crippen molar-refractivity contribution in [2.45, 2.75) is 31.7 Å². The lowest BCUT2D eigenvalue weighted by Crippen LogP contribution is -2.41. The van der Waals surface area contributed by atoms with Crippen LogP contribution in [-0.4, -0.2) is 27.9 Å². The molecule has 0 saturated heterocycles. The topological polar surface area (TPSA) is 29.0 Å². The Morgan fingerprint density at radius 3 is 3.00 bits per heavy atom. The van der Waals surface area contributed by atoms with Gasteiger partial charge < -0.3 is 4.90 Å². The fourth-order valence-electron chi connectivity index (χ4n) is 2.40. The molecule has 2 aromatic rings. The molecule has 1 aliphatic carbocycles. The number of alkyl halides is 1. The lowest BCUT2D eigenvalue weighted by molar-refractivity contribution is 0.385. The Bertz CT molecular complexity index is 524. The zero-order valence-corrected chi connectivity index (χ0v) is 12.6. The van der Waals surface area contributed by atoms with E-state index in [1.165, 1.54) is 24.6 Å². The third-order valence-corrected chi connectivity index (χ3v) is 4.94. The van der Waals surface area contributed by atoms with Crippen LogP contribution < -0.4 is 4.90 Å². The van der Waals surface area contributed by atoms with Crippen LogP contribution in [0.2, 0.25) is 0 Å². The maximum atomic E-state index is 4.54. The fourth-order valence-corrected chi connectivity index (χ4v) is 3.37. The number of hydrogen-bond donors (Lipinski definition) is 0. The Labute approximate surface area is 119 Å². The first-order chi connectivity index (χ1) is 8.90. The molecule has 18 heavy (non-hydrogen) atoms. The highest BCUT2D eigenvalue weighted by Crippen LogP contribution is 2.33. The highest BCUT2D eigenvalue weighted by atomic mass is 79.9. The van der Waals surface area contributed by atoms with E-state index in [1.54, 1.807) is 17.7 Å². The molecule has 0 amide bonds. The smallest absolute Gasteiger partial charge is 0.141 e. The van der Waals surface area contributed by atoms with Crippen LogP contribution in [0.15, 0.2) is 17.8 Å². The summed E-state index contributed by atoms with van der Waals surface area (Å²) in [6, 6.07) is 2.83. The van der Waals surface area contributed by atoms with Gasteiger partial charge in [-0.15, -0.1) is 11.3 Å². The molecule has 2 aromatic heterocycles. The van der Waals surface area contributed by atoms with Gasteiger partial charge in [-0.1, -0.05) is 15.9 Å². The summed E-state index contributed by atoms with van der Waals surface area (Å²) < 4.78 is 0. The van der Waals surface area contributed by atoms with Crippen molar-refractivity contribution in [3.63, 3.8) is 0 Å². The number of hydrogen-bond acceptors (Lipinski definition) is 4. The lowest BCUT2D eigenvalue weighted by atomic mass is 9.91. The molecule has 0 spiro atoms. The SMILES string of the molecule is BrCCCN(c1ncnc2sccc12)C1CCC1. The average Bonchev–Trinajstić information content (AvgIpc) is 2.80. The maximum absolute atomic E-state index is 4.54. The van der Waals surface area contributed by atoms with Gasteiger partial charge in [-0.05, 0) is 37.1 Å². The van der Waals surface area contributed by atoms with E-state index >= 15 is 0 Å². The van der Waals surface area contributed by atoms with E-state index in [4.69, 9.17) is 0 Å². The molecule has 0 N–H and O–H groups in total. The molecule has 1 aliphatic rings. The molecule has 2 heterocycles. The standard InChI is InChI=1S/C13H16BrN3S/c14-6-2-7-17(10-3-1-4-10)12-11-5-8-18-13(11)16-9-15-12/h5,8-10H,1-4,6-7H2. The Morgan fingerprint density at radius 2 is 2.28 bits per heavy atom. The Balaban J connectivity index is 1.94. The highest BCUT2D eigenvalue weighted by molar-refractivity contribution is 9.09. The van der Waals surface area contributed by atoms with E-state index in [2.05, 4.69) is 42.2 Å². The highest BCUT2D eigenvalue weighted by Gasteiger charge is 2.26. The van der Waals surface area contributed by atoms with Crippen molar-refractivity contribution in [2.75, 3.05) is 16.8 Å². The van der Waals surface area contributed by atoms with Crippen LogP contribution in [0.25, 0.3) is 10.2 Å². The molecule has 3 rings (SSSR count). The number of anilines is 1. The van der Waals surface area contributed by atoms with Crippen LogP contribution in [0.3, 0.4) is 0 Å². The quantitative estimate of drug-likeness (QED) is 0.782. The number of rotatable bonds is 5. The van der Waals surface area contributed by atoms with Gasteiger partial charge in [0.25, 0.3) is 0 Å². The molecule has 0 unspecified atom stereocenters. The van der Waals surface area contributed by atoms with E-state index in [0.717, 1.165) is 28.9 Å². The summed E-state index contributed by atoms with van der Waals surface area (Å²) in [5, 5.41) is 4.37. The van der Waals surface area contributed by atoms with Gasteiger partial charge in [0.2, 0.25) is 0 Å². The molecule has 3 nitrogen and oxygen atoms in total. The Morgan fingerprint density at radius 1 is 1.39 bits per heavy atom. The fraction of sp³-hybridized carbons (Fsp3) is 0.538. The number of nitrogens with zero attached hydrogens (tertiary/aromatic N) is 3. The third-order valence-electron chi connectivity index (χ3n) is 3.56. The van der Waals surface area contributed by atoms with Crippen LogP contribution >= 0.6 is 27.3 Å². The largest absolute Gasteiger partial charge is 0.353 e. The zero-order chi connectivity index (χ0) is 12.4. The van der Waals surface area contributed by atoms with Crippen molar-refractivity contribution < 1.29 is 0 Å². The Hall–Kier alpha value is -0.680. The van der Waals surface area contributed by atoms with Crippen molar-refractivity contribution >= 4 is 43.3 Å². The minimum Gasteiger partial charge on any atom is -0.353 e. The van der Waals surface area contributed by atoms with Gasteiger partial charge in [-0.3, -0.25) is 0 Å². The molecule has 0 bridgehead atoms. The Kier molecular flexibility index (Phi) is 3.80. The van der Waals surface area contributed by atoms with E-state index < -0.39 is 0 Å². The second kappa shape index (κ2) is 5.53. The second-order valence-corrected chi connectivity index (χ2v) is 6.34. The summed E-state index contributed by atoms with van der Waals surface area (Å²) in [5.74, 6) is 1.13. The van der Waals surface area contributed by atoms with Crippen molar-refractivity contribution in [2.24, 2.45) is 0 Å². The normalized spacial score (nSPS) is 15.8. The van der Waals surface area contributed by atoms with Gasteiger partial charge in [0.1, 0.15) is 17.0 Å². The number of fused-ring (bicyclic) bond motifs is 1. The van der Waals surface area contributed by atoms with Crippen LogP contribution in [0.5, 0.6) is 0 Å². The van der Waals surface area contributed by atoms with Gasteiger partial charge >= 0.3 is 0 Å². The predicted molar refractivity (Wildman–Crippen MR) is 80.8 cm³/mol. The first-order valence-electron chi connectivity index (χ1n) is 6.41. The summed E-state index contributed by atoms with van der Waals surface area (Å²) >= 11 is 5.22. The van der Waals surface area contributed by atoms with Crippen molar-refractivity contribution in [3.05, 3.63) is 17.8 Å². The average molecular weight is 326 g/mol.